The summed E-state index contributed by atoms with van der Waals surface area (Å²) in [6.45, 7) is 4.49. The molecule has 2 amide bonds. The number of carboxylic acids is 1. The van der Waals surface area contributed by atoms with Gasteiger partial charge in [-0.15, -0.1) is 0 Å². The average molecular weight is 342 g/mol. The summed E-state index contributed by atoms with van der Waals surface area (Å²) in [5.74, 6) is -0.951. The molecule has 0 saturated heterocycles. The maximum atomic E-state index is 12.5. The summed E-state index contributed by atoms with van der Waals surface area (Å²) in [4.78, 5) is 33.5. The molecule has 0 aliphatic rings. The molecule has 7 nitrogen and oxygen atoms in total. The van der Waals surface area contributed by atoms with Crippen LogP contribution in [0.15, 0.2) is 36.4 Å². The molecule has 0 saturated carbocycles. The van der Waals surface area contributed by atoms with E-state index in [0.717, 1.165) is 22.8 Å². The number of aryl methyl sites for hydroxylation is 2. The van der Waals surface area contributed by atoms with Gasteiger partial charge in [0.1, 0.15) is 0 Å². The number of hydrogen-bond donors (Lipinski definition) is 2. The number of hydrogen-bond acceptors (Lipinski definition) is 4. The Morgan fingerprint density at radius 2 is 1.52 bits per heavy atom. The highest BCUT2D eigenvalue weighted by Gasteiger charge is 2.16. The lowest BCUT2D eigenvalue weighted by atomic mass is 10.2. The molecule has 25 heavy (non-hydrogen) atoms. The van der Waals surface area contributed by atoms with Crippen LogP contribution in [0, 0.1) is 13.8 Å². The zero-order valence-corrected chi connectivity index (χ0v) is 14.4. The van der Waals surface area contributed by atoms with Crippen molar-refractivity contribution in [2.75, 3.05) is 6.54 Å². The molecule has 0 aromatic carbocycles. The summed E-state index contributed by atoms with van der Waals surface area (Å²) in [5, 5.41) is 11.3. The topological polar surface area (TPSA) is 95.4 Å². The molecule has 2 heterocycles. The van der Waals surface area contributed by atoms with Gasteiger partial charge in [0.15, 0.2) is 0 Å². The van der Waals surface area contributed by atoms with Crippen LogP contribution in [0.1, 0.15) is 29.2 Å². The molecule has 0 fully saturated rings. The molecule has 0 unspecified atom stereocenters. The van der Waals surface area contributed by atoms with E-state index in [1.165, 1.54) is 0 Å². The number of pyridine rings is 2. The van der Waals surface area contributed by atoms with Crippen molar-refractivity contribution in [3.05, 3.63) is 59.2 Å². The molecule has 0 spiro atoms. The summed E-state index contributed by atoms with van der Waals surface area (Å²) < 4.78 is 0. The Kier molecular flexibility index (Phi) is 6.45. The molecular weight excluding hydrogens is 320 g/mol. The SMILES string of the molecule is Cc1cccc(CN(Cc2cccc(C)n2)C(=O)NCCC(=O)O)n1. The van der Waals surface area contributed by atoms with Crippen LogP contribution in [0.4, 0.5) is 4.79 Å². The van der Waals surface area contributed by atoms with E-state index in [0.29, 0.717) is 13.1 Å². The van der Waals surface area contributed by atoms with Crippen molar-refractivity contribution in [1.82, 2.24) is 20.2 Å². The first-order chi connectivity index (χ1) is 11.9. The minimum Gasteiger partial charge on any atom is -0.481 e. The van der Waals surface area contributed by atoms with E-state index in [4.69, 9.17) is 5.11 Å². The van der Waals surface area contributed by atoms with Crippen molar-refractivity contribution in [2.45, 2.75) is 33.4 Å². The van der Waals surface area contributed by atoms with Crippen LogP contribution < -0.4 is 5.32 Å². The third-order valence-corrected chi connectivity index (χ3v) is 3.50. The fourth-order valence-electron chi connectivity index (χ4n) is 2.35. The second-order valence-electron chi connectivity index (χ2n) is 5.77. The summed E-state index contributed by atoms with van der Waals surface area (Å²) in [7, 11) is 0. The van der Waals surface area contributed by atoms with Gasteiger partial charge in [-0.05, 0) is 38.1 Å². The first kappa shape index (κ1) is 18.4. The Hall–Kier alpha value is -2.96. The molecule has 0 aliphatic heterocycles. The van der Waals surface area contributed by atoms with Gasteiger partial charge in [-0.3, -0.25) is 14.8 Å². The number of carbonyl (C=O) groups is 2. The minimum atomic E-state index is -0.951. The van der Waals surface area contributed by atoms with Crippen LogP contribution in [0.2, 0.25) is 0 Å². The fraction of sp³-hybridized carbons (Fsp3) is 0.333. The predicted octanol–water partition coefficient (Wildman–Crippen LogP) is 2.28. The third-order valence-electron chi connectivity index (χ3n) is 3.50. The lowest BCUT2D eigenvalue weighted by Crippen LogP contribution is -2.40. The number of carboxylic acid groups (broad SMARTS) is 1. The van der Waals surface area contributed by atoms with Gasteiger partial charge in [0.25, 0.3) is 0 Å². The fourth-order valence-corrected chi connectivity index (χ4v) is 2.35. The number of aromatic nitrogens is 2. The molecule has 2 N–H and O–H groups in total. The van der Waals surface area contributed by atoms with Gasteiger partial charge in [-0.25, -0.2) is 4.79 Å². The zero-order chi connectivity index (χ0) is 18.2. The van der Waals surface area contributed by atoms with Gasteiger partial charge in [0, 0.05) is 17.9 Å². The normalized spacial score (nSPS) is 10.3. The Morgan fingerprint density at radius 3 is 1.96 bits per heavy atom. The number of nitrogens with one attached hydrogen (secondary N) is 1. The summed E-state index contributed by atoms with van der Waals surface area (Å²) in [6.07, 6.45) is -0.120. The van der Waals surface area contributed by atoms with Gasteiger partial charge in [0.2, 0.25) is 0 Å². The standard InChI is InChI=1S/C18H22N4O3/c1-13-5-3-7-15(20-13)11-22(18(25)19-10-9-17(23)24)12-16-8-4-6-14(2)21-16/h3-8H,9-12H2,1-2H3,(H,19,25)(H,23,24). The van der Waals surface area contributed by atoms with E-state index in [1.54, 1.807) is 4.90 Å². The molecule has 2 rings (SSSR count). The smallest absolute Gasteiger partial charge is 0.318 e. The summed E-state index contributed by atoms with van der Waals surface area (Å²) >= 11 is 0. The number of urea groups is 1. The van der Waals surface area contributed by atoms with E-state index in [9.17, 15) is 9.59 Å². The number of aliphatic carboxylic acids is 1. The monoisotopic (exact) mass is 342 g/mol. The Labute approximate surface area is 146 Å². The van der Waals surface area contributed by atoms with Gasteiger partial charge < -0.3 is 15.3 Å². The minimum absolute atomic E-state index is 0.0765. The number of amides is 2. The average Bonchev–Trinajstić information content (AvgIpc) is 2.54. The second-order valence-corrected chi connectivity index (χ2v) is 5.77. The quantitative estimate of drug-likeness (QED) is 0.805. The second kappa shape index (κ2) is 8.77. The molecule has 2 aromatic heterocycles. The highest BCUT2D eigenvalue weighted by atomic mass is 16.4. The molecule has 0 atom stereocenters. The van der Waals surface area contributed by atoms with Crippen LogP contribution in [0.25, 0.3) is 0 Å². The van der Waals surface area contributed by atoms with Crippen LogP contribution >= 0.6 is 0 Å². The Bertz CT molecular complexity index is 701. The molecule has 0 aliphatic carbocycles. The van der Waals surface area contributed by atoms with Crippen molar-refractivity contribution in [1.29, 1.82) is 0 Å². The van der Waals surface area contributed by atoms with Crippen LogP contribution in [-0.4, -0.2) is 38.5 Å². The molecule has 2 aromatic rings. The first-order valence-corrected chi connectivity index (χ1v) is 8.03. The summed E-state index contributed by atoms with van der Waals surface area (Å²) in [6, 6.07) is 10.9. The number of nitrogens with zero attached hydrogens (tertiary/aromatic N) is 3. The molecular formula is C18H22N4O3. The van der Waals surface area contributed by atoms with Crippen LogP contribution in [-0.2, 0) is 17.9 Å². The largest absolute Gasteiger partial charge is 0.481 e. The number of carbonyl (C=O) groups excluding carboxylic acids is 1. The molecule has 0 radical (unpaired) electrons. The van der Waals surface area contributed by atoms with Gasteiger partial charge >= 0.3 is 12.0 Å². The van der Waals surface area contributed by atoms with E-state index in [1.807, 2.05) is 50.2 Å². The lowest BCUT2D eigenvalue weighted by Gasteiger charge is -2.22. The van der Waals surface area contributed by atoms with Crippen molar-refractivity contribution < 1.29 is 14.7 Å². The van der Waals surface area contributed by atoms with E-state index < -0.39 is 5.97 Å². The van der Waals surface area contributed by atoms with Gasteiger partial charge in [-0.2, -0.15) is 0 Å². The lowest BCUT2D eigenvalue weighted by molar-refractivity contribution is -0.136. The number of rotatable bonds is 7. The van der Waals surface area contributed by atoms with E-state index in [2.05, 4.69) is 15.3 Å². The van der Waals surface area contributed by atoms with E-state index in [-0.39, 0.29) is 19.0 Å². The molecule has 7 heteroatoms. The van der Waals surface area contributed by atoms with Crippen molar-refractivity contribution in [3.63, 3.8) is 0 Å². The Morgan fingerprint density at radius 1 is 1.00 bits per heavy atom. The highest BCUT2D eigenvalue weighted by Crippen LogP contribution is 2.09. The molecule has 132 valence electrons. The first-order valence-electron chi connectivity index (χ1n) is 8.03. The Balaban J connectivity index is 2.12. The van der Waals surface area contributed by atoms with Crippen LogP contribution in [0.3, 0.4) is 0 Å². The van der Waals surface area contributed by atoms with Gasteiger partial charge in [0.05, 0.1) is 30.9 Å². The predicted molar refractivity (Wildman–Crippen MR) is 92.8 cm³/mol. The van der Waals surface area contributed by atoms with Crippen molar-refractivity contribution >= 4 is 12.0 Å². The maximum Gasteiger partial charge on any atom is 0.318 e. The maximum absolute atomic E-state index is 12.5. The van der Waals surface area contributed by atoms with Crippen molar-refractivity contribution in [3.8, 4) is 0 Å². The van der Waals surface area contributed by atoms with Crippen molar-refractivity contribution in [2.24, 2.45) is 0 Å². The highest BCUT2D eigenvalue weighted by molar-refractivity contribution is 5.75. The zero-order valence-electron chi connectivity index (χ0n) is 14.4. The van der Waals surface area contributed by atoms with E-state index >= 15 is 0 Å². The summed E-state index contributed by atoms with van der Waals surface area (Å²) in [5.41, 5.74) is 3.27. The van der Waals surface area contributed by atoms with Gasteiger partial charge in [-0.1, -0.05) is 12.1 Å². The third kappa shape index (κ3) is 6.21. The molecule has 0 bridgehead atoms. The van der Waals surface area contributed by atoms with Crippen LogP contribution in [0.5, 0.6) is 0 Å².